The number of amides is 3. The fourth-order valence-electron chi connectivity index (χ4n) is 5.18. The molecule has 184 valence electrons. The van der Waals surface area contributed by atoms with Crippen LogP contribution in [-0.2, 0) is 4.79 Å². The summed E-state index contributed by atoms with van der Waals surface area (Å²) in [7, 11) is 4.08. The topological polar surface area (TPSA) is 84.4 Å². The molecule has 2 heterocycles. The van der Waals surface area contributed by atoms with E-state index in [0.29, 0.717) is 23.0 Å². The van der Waals surface area contributed by atoms with Gasteiger partial charge in [0.2, 0.25) is 5.91 Å². The highest BCUT2D eigenvalue weighted by Crippen LogP contribution is 2.42. The normalized spacial score (nSPS) is 21.9. The lowest BCUT2D eigenvalue weighted by atomic mass is 9.99. The van der Waals surface area contributed by atoms with Crippen LogP contribution in [0, 0.1) is 5.92 Å². The minimum absolute atomic E-state index is 0.0339. The highest BCUT2D eigenvalue weighted by Gasteiger charge is 2.41. The first-order valence-electron chi connectivity index (χ1n) is 12.3. The third-order valence-corrected chi connectivity index (χ3v) is 7.45. The zero-order chi connectivity index (χ0) is 24.9. The summed E-state index contributed by atoms with van der Waals surface area (Å²) in [5.74, 6) is 0.166. The number of carbonyl (C=O) groups excluding carboxylic acids is 2. The molecule has 3 aliphatic rings. The van der Waals surface area contributed by atoms with E-state index >= 15 is 0 Å². The van der Waals surface area contributed by atoms with Crippen molar-refractivity contribution in [3.63, 3.8) is 0 Å². The molecule has 2 atom stereocenters. The fraction of sp³-hybridized carbons (Fsp3) is 0.444. The van der Waals surface area contributed by atoms with E-state index in [2.05, 4.69) is 4.90 Å². The van der Waals surface area contributed by atoms with Gasteiger partial charge < -0.3 is 19.8 Å². The third-order valence-electron chi connectivity index (χ3n) is 7.45. The Morgan fingerprint density at radius 2 is 1.60 bits per heavy atom. The molecule has 0 aromatic heterocycles. The predicted octanol–water partition coefficient (Wildman–Crippen LogP) is 3.76. The van der Waals surface area contributed by atoms with Crippen molar-refractivity contribution >= 4 is 29.3 Å². The lowest BCUT2D eigenvalue weighted by molar-refractivity contribution is -0.120. The standard InChI is InChI=1S/C27H32N4O4/c1-17-15-30(27(34)35)24-14-21(10-11-23(24)31(17)26(33)20-8-9-20)18-4-6-19(7-5-18)25(32)29-13-12-22(16-29)28(2)3/h4-7,10-11,14,17,20,22H,8-9,12-13,15-16H2,1-3H3,(H,34,35)/t17-,22-/m0/s1. The van der Waals surface area contributed by atoms with Crippen LogP contribution in [0.5, 0.6) is 0 Å². The molecule has 8 nitrogen and oxygen atoms in total. The van der Waals surface area contributed by atoms with Crippen LogP contribution in [0.25, 0.3) is 11.1 Å². The highest BCUT2D eigenvalue weighted by molar-refractivity contribution is 6.05. The molecule has 3 amide bonds. The lowest BCUT2D eigenvalue weighted by Crippen LogP contribution is -2.52. The second-order valence-corrected chi connectivity index (χ2v) is 10.2. The van der Waals surface area contributed by atoms with Crippen LogP contribution in [0.3, 0.4) is 0 Å². The van der Waals surface area contributed by atoms with Gasteiger partial charge in [0.1, 0.15) is 0 Å². The highest BCUT2D eigenvalue weighted by atomic mass is 16.4. The summed E-state index contributed by atoms with van der Waals surface area (Å²) in [6.45, 7) is 3.62. The Bertz CT molecular complexity index is 1160. The number of carbonyl (C=O) groups is 3. The van der Waals surface area contributed by atoms with Gasteiger partial charge in [-0.05, 0) is 75.7 Å². The molecule has 2 aromatic rings. The monoisotopic (exact) mass is 476 g/mol. The Balaban J connectivity index is 1.41. The number of benzene rings is 2. The molecule has 5 rings (SSSR count). The smallest absolute Gasteiger partial charge is 0.411 e. The van der Waals surface area contributed by atoms with Crippen LogP contribution in [0.4, 0.5) is 16.2 Å². The Morgan fingerprint density at radius 1 is 0.914 bits per heavy atom. The second kappa shape index (κ2) is 9.00. The quantitative estimate of drug-likeness (QED) is 0.727. The van der Waals surface area contributed by atoms with E-state index in [1.807, 2.05) is 68.4 Å². The van der Waals surface area contributed by atoms with Gasteiger partial charge in [0.05, 0.1) is 17.4 Å². The van der Waals surface area contributed by atoms with E-state index in [4.69, 9.17) is 0 Å². The molecule has 2 aliphatic heterocycles. The molecule has 0 radical (unpaired) electrons. The molecule has 2 aromatic carbocycles. The minimum atomic E-state index is -1.03. The van der Waals surface area contributed by atoms with Gasteiger partial charge in [-0.2, -0.15) is 0 Å². The maximum absolute atomic E-state index is 13.0. The summed E-state index contributed by atoms with van der Waals surface area (Å²) in [5.41, 5.74) is 3.54. The first kappa shape index (κ1) is 23.4. The van der Waals surface area contributed by atoms with Gasteiger partial charge in [0, 0.05) is 37.2 Å². The molecule has 0 spiro atoms. The fourth-order valence-corrected chi connectivity index (χ4v) is 5.18. The van der Waals surface area contributed by atoms with E-state index < -0.39 is 6.09 Å². The van der Waals surface area contributed by atoms with Crippen molar-refractivity contribution in [2.75, 3.05) is 43.5 Å². The van der Waals surface area contributed by atoms with E-state index in [9.17, 15) is 19.5 Å². The molecule has 35 heavy (non-hydrogen) atoms. The summed E-state index contributed by atoms with van der Waals surface area (Å²) in [5, 5.41) is 9.84. The van der Waals surface area contributed by atoms with Crippen molar-refractivity contribution in [1.29, 1.82) is 0 Å². The summed E-state index contributed by atoms with van der Waals surface area (Å²) in [6, 6.07) is 13.2. The largest absolute Gasteiger partial charge is 0.465 e. The molecule has 0 unspecified atom stereocenters. The zero-order valence-corrected chi connectivity index (χ0v) is 20.5. The van der Waals surface area contributed by atoms with Crippen molar-refractivity contribution in [1.82, 2.24) is 9.80 Å². The average molecular weight is 477 g/mol. The number of fused-ring (bicyclic) bond motifs is 1. The number of rotatable bonds is 4. The zero-order valence-electron chi connectivity index (χ0n) is 20.5. The summed E-state index contributed by atoms with van der Waals surface area (Å²) >= 11 is 0. The molecule has 1 N–H and O–H groups in total. The minimum Gasteiger partial charge on any atom is -0.465 e. The van der Waals surface area contributed by atoms with Crippen molar-refractivity contribution in [2.45, 2.75) is 38.3 Å². The van der Waals surface area contributed by atoms with Gasteiger partial charge in [-0.15, -0.1) is 0 Å². The number of likely N-dealkylation sites (tertiary alicyclic amines) is 1. The average Bonchev–Trinajstić information content (AvgIpc) is 3.58. The number of carboxylic acid groups (broad SMARTS) is 1. The van der Waals surface area contributed by atoms with Crippen LogP contribution in [0.1, 0.15) is 36.5 Å². The molecule has 1 aliphatic carbocycles. The van der Waals surface area contributed by atoms with Gasteiger partial charge in [-0.25, -0.2) is 4.79 Å². The van der Waals surface area contributed by atoms with Crippen LogP contribution >= 0.6 is 0 Å². The van der Waals surface area contributed by atoms with E-state index in [-0.39, 0.29) is 30.3 Å². The molecule has 8 heteroatoms. The van der Waals surface area contributed by atoms with Crippen LogP contribution < -0.4 is 9.80 Å². The number of hydrogen-bond acceptors (Lipinski definition) is 4. The maximum atomic E-state index is 13.0. The number of hydrogen-bond donors (Lipinski definition) is 1. The number of anilines is 2. The molecule has 1 saturated carbocycles. The first-order chi connectivity index (χ1) is 16.7. The van der Waals surface area contributed by atoms with Gasteiger partial charge in [0.15, 0.2) is 0 Å². The van der Waals surface area contributed by atoms with Crippen molar-refractivity contribution in [2.24, 2.45) is 5.92 Å². The van der Waals surface area contributed by atoms with E-state index in [1.54, 1.807) is 4.90 Å². The Hall–Kier alpha value is -3.39. The Labute approximate surface area is 205 Å². The van der Waals surface area contributed by atoms with Crippen LogP contribution in [-0.4, -0.2) is 78.6 Å². The maximum Gasteiger partial charge on any atom is 0.411 e. The molecular formula is C27H32N4O4. The van der Waals surface area contributed by atoms with E-state index in [0.717, 1.165) is 43.5 Å². The van der Waals surface area contributed by atoms with Crippen molar-refractivity contribution in [3.8, 4) is 11.1 Å². The summed E-state index contributed by atoms with van der Waals surface area (Å²) in [6.07, 6.45) is 1.74. The third kappa shape index (κ3) is 4.38. The second-order valence-electron chi connectivity index (χ2n) is 10.2. The van der Waals surface area contributed by atoms with Gasteiger partial charge in [-0.3, -0.25) is 14.5 Å². The van der Waals surface area contributed by atoms with Crippen molar-refractivity contribution < 1.29 is 19.5 Å². The molecule has 0 bridgehead atoms. The van der Waals surface area contributed by atoms with Crippen LogP contribution in [0.15, 0.2) is 42.5 Å². The number of nitrogens with zero attached hydrogens (tertiary/aromatic N) is 4. The lowest BCUT2D eigenvalue weighted by Gasteiger charge is -2.40. The summed E-state index contributed by atoms with van der Waals surface area (Å²) < 4.78 is 0. The first-order valence-corrected chi connectivity index (χ1v) is 12.3. The predicted molar refractivity (Wildman–Crippen MR) is 135 cm³/mol. The Kier molecular flexibility index (Phi) is 6.01. The van der Waals surface area contributed by atoms with Crippen molar-refractivity contribution in [3.05, 3.63) is 48.0 Å². The van der Waals surface area contributed by atoms with Gasteiger partial charge in [-0.1, -0.05) is 18.2 Å². The molecule has 2 fully saturated rings. The van der Waals surface area contributed by atoms with Crippen LogP contribution in [0.2, 0.25) is 0 Å². The molecular weight excluding hydrogens is 444 g/mol. The molecule has 1 saturated heterocycles. The van der Waals surface area contributed by atoms with Gasteiger partial charge >= 0.3 is 6.09 Å². The van der Waals surface area contributed by atoms with E-state index in [1.165, 1.54) is 4.90 Å². The summed E-state index contributed by atoms with van der Waals surface area (Å²) in [4.78, 5) is 45.1. The number of likely N-dealkylation sites (N-methyl/N-ethyl adjacent to an activating group) is 1. The Morgan fingerprint density at radius 3 is 2.20 bits per heavy atom. The van der Waals surface area contributed by atoms with Gasteiger partial charge in [0.25, 0.3) is 5.91 Å². The SMILES string of the molecule is C[C@H]1CN(C(=O)O)c2cc(-c3ccc(C(=O)N4CC[C@H](N(C)C)C4)cc3)ccc2N1C(=O)C1CC1.